The number of nitrogens with zero attached hydrogens (tertiary/aromatic N) is 3. The van der Waals surface area contributed by atoms with Crippen molar-refractivity contribution in [2.75, 3.05) is 12.3 Å². The van der Waals surface area contributed by atoms with Crippen molar-refractivity contribution in [3.05, 3.63) is 30.6 Å². The van der Waals surface area contributed by atoms with Gasteiger partial charge in [0.2, 0.25) is 5.95 Å². The zero-order valence-electron chi connectivity index (χ0n) is 8.42. The lowest BCUT2D eigenvalue weighted by Gasteiger charge is -2.05. The van der Waals surface area contributed by atoms with Gasteiger partial charge in [0.1, 0.15) is 12.1 Å². The second kappa shape index (κ2) is 4.00. The summed E-state index contributed by atoms with van der Waals surface area (Å²) in [6, 6.07) is 7.52. The smallest absolute Gasteiger partial charge is 0.223 e. The van der Waals surface area contributed by atoms with Gasteiger partial charge in [-0.25, -0.2) is 0 Å². The number of ether oxygens (including phenoxy) is 1. The maximum Gasteiger partial charge on any atom is 0.223 e. The van der Waals surface area contributed by atoms with Gasteiger partial charge in [-0.05, 0) is 31.2 Å². The minimum atomic E-state index is 0.374. The van der Waals surface area contributed by atoms with Crippen LogP contribution in [-0.2, 0) is 0 Å². The standard InChI is InChI=1S/C10H12N4O/c1-2-15-9-5-3-8(4-6-9)14-10(11)12-7-13-14/h3-7H,2H2,1H3,(H2,11,12,13). The molecule has 0 amide bonds. The van der Waals surface area contributed by atoms with Crippen molar-refractivity contribution in [3.63, 3.8) is 0 Å². The molecule has 0 aliphatic rings. The van der Waals surface area contributed by atoms with Gasteiger partial charge in [0.25, 0.3) is 0 Å². The van der Waals surface area contributed by atoms with Crippen molar-refractivity contribution < 1.29 is 4.74 Å². The van der Waals surface area contributed by atoms with Crippen LogP contribution in [0.15, 0.2) is 30.6 Å². The van der Waals surface area contributed by atoms with Gasteiger partial charge in [0.15, 0.2) is 0 Å². The summed E-state index contributed by atoms with van der Waals surface area (Å²) in [7, 11) is 0. The molecular formula is C10H12N4O. The van der Waals surface area contributed by atoms with Crippen LogP contribution in [-0.4, -0.2) is 21.4 Å². The van der Waals surface area contributed by atoms with Crippen molar-refractivity contribution in [2.24, 2.45) is 0 Å². The maximum absolute atomic E-state index is 5.63. The molecule has 15 heavy (non-hydrogen) atoms. The molecule has 0 aliphatic carbocycles. The SMILES string of the molecule is CCOc1ccc(-n2ncnc2N)cc1. The van der Waals surface area contributed by atoms with Crippen LogP contribution in [0.3, 0.4) is 0 Å². The first-order valence-corrected chi connectivity index (χ1v) is 4.70. The van der Waals surface area contributed by atoms with E-state index in [4.69, 9.17) is 10.5 Å². The summed E-state index contributed by atoms with van der Waals surface area (Å²) in [5.74, 6) is 1.21. The molecule has 5 nitrogen and oxygen atoms in total. The number of anilines is 1. The monoisotopic (exact) mass is 204 g/mol. The third kappa shape index (κ3) is 1.90. The molecule has 2 N–H and O–H groups in total. The Morgan fingerprint density at radius 2 is 2.07 bits per heavy atom. The highest BCUT2D eigenvalue weighted by atomic mass is 16.5. The molecule has 2 aromatic rings. The van der Waals surface area contributed by atoms with E-state index in [0.717, 1.165) is 11.4 Å². The van der Waals surface area contributed by atoms with Crippen molar-refractivity contribution in [3.8, 4) is 11.4 Å². The Hall–Kier alpha value is -2.04. The zero-order chi connectivity index (χ0) is 10.7. The quantitative estimate of drug-likeness (QED) is 0.817. The summed E-state index contributed by atoms with van der Waals surface area (Å²) >= 11 is 0. The van der Waals surface area contributed by atoms with Crippen molar-refractivity contribution >= 4 is 5.95 Å². The second-order valence-corrected chi connectivity index (χ2v) is 2.96. The van der Waals surface area contributed by atoms with Gasteiger partial charge in [0, 0.05) is 0 Å². The summed E-state index contributed by atoms with van der Waals surface area (Å²) in [4.78, 5) is 3.85. The Balaban J connectivity index is 2.28. The number of nitrogens with two attached hydrogens (primary N) is 1. The Kier molecular flexibility index (Phi) is 2.53. The normalized spacial score (nSPS) is 10.2. The molecule has 0 atom stereocenters. The molecule has 78 valence electrons. The summed E-state index contributed by atoms with van der Waals surface area (Å²) < 4.78 is 6.90. The van der Waals surface area contributed by atoms with Crippen molar-refractivity contribution in [1.82, 2.24) is 14.8 Å². The molecule has 0 saturated carbocycles. The lowest BCUT2D eigenvalue weighted by molar-refractivity contribution is 0.340. The van der Waals surface area contributed by atoms with E-state index in [1.54, 1.807) is 4.68 Å². The molecule has 0 saturated heterocycles. The number of hydrogen-bond donors (Lipinski definition) is 1. The number of benzene rings is 1. The van der Waals surface area contributed by atoms with Gasteiger partial charge < -0.3 is 10.5 Å². The molecule has 0 unspecified atom stereocenters. The number of nitrogen functional groups attached to an aromatic ring is 1. The van der Waals surface area contributed by atoms with Crippen molar-refractivity contribution in [1.29, 1.82) is 0 Å². The summed E-state index contributed by atoms with van der Waals surface area (Å²) in [6.07, 6.45) is 1.42. The van der Waals surface area contributed by atoms with Gasteiger partial charge in [-0.2, -0.15) is 14.8 Å². The molecule has 1 heterocycles. The van der Waals surface area contributed by atoms with Crippen LogP contribution in [0.5, 0.6) is 5.75 Å². The Morgan fingerprint density at radius 3 is 2.60 bits per heavy atom. The Morgan fingerprint density at radius 1 is 1.33 bits per heavy atom. The molecule has 5 heteroatoms. The third-order valence-corrected chi connectivity index (χ3v) is 1.97. The first kappa shape index (κ1) is 9.51. The summed E-state index contributed by atoms with van der Waals surface area (Å²) in [5, 5.41) is 4.00. The highest BCUT2D eigenvalue weighted by Gasteiger charge is 2.02. The fourth-order valence-corrected chi connectivity index (χ4v) is 1.30. The van der Waals surface area contributed by atoms with E-state index in [-0.39, 0.29) is 0 Å². The number of rotatable bonds is 3. The Labute approximate surface area is 87.5 Å². The zero-order valence-corrected chi connectivity index (χ0v) is 8.42. The van der Waals surface area contributed by atoms with Crippen LogP contribution in [0.1, 0.15) is 6.92 Å². The van der Waals surface area contributed by atoms with Crippen LogP contribution in [0.25, 0.3) is 5.69 Å². The summed E-state index contributed by atoms with van der Waals surface area (Å²) in [6.45, 7) is 2.61. The molecule has 1 aromatic carbocycles. The van der Waals surface area contributed by atoms with Crippen LogP contribution < -0.4 is 10.5 Å². The lowest BCUT2D eigenvalue weighted by atomic mass is 10.3. The Bertz CT molecular complexity index is 435. The third-order valence-electron chi connectivity index (χ3n) is 1.97. The van der Waals surface area contributed by atoms with Gasteiger partial charge >= 0.3 is 0 Å². The maximum atomic E-state index is 5.63. The topological polar surface area (TPSA) is 66.0 Å². The van der Waals surface area contributed by atoms with E-state index >= 15 is 0 Å². The first-order chi connectivity index (χ1) is 7.31. The summed E-state index contributed by atoms with van der Waals surface area (Å²) in [5.41, 5.74) is 6.50. The predicted octanol–water partition coefficient (Wildman–Crippen LogP) is 1.25. The average Bonchev–Trinajstić information content (AvgIpc) is 2.66. The molecular weight excluding hydrogens is 192 g/mol. The highest BCUT2D eigenvalue weighted by molar-refractivity contribution is 5.40. The van der Waals surface area contributed by atoms with E-state index in [9.17, 15) is 0 Å². The van der Waals surface area contributed by atoms with E-state index in [1.165, 1.54) is 6.33 Å². The van der Waals surface area contributed by atoms with E-state index in [1.807, 2.05) is 31.2 Å². The predicted molar refractivity (Wildman–Crippen MR) is 56.9 cm³/mol. The van der Waals surface area contributed by atoms with Gasteiger partial charge in [0.05, 0.1) is 12.3 Å². The van der Waals surface area contributed by atoms with Gasteiger partial charge in [-0.3, -0.25) is 0 Å². The molecule has 0 radical (unpaired) electrons. The van der Waals surface area contributed by atoms with Crippen molar-refractivity contribution in [2.45, 2.75) is 6.92 Å². The molecule has 0 bridgehead atoms. The van der Waals surface area contributed by atoms with Crippen LogP contribution in [0.2, 0.25) is 0 Å². The fraction of sp³-hybridized carbons (Fsp3) is 0.200. The van der Waals surface area contributed by atoms with E-state index in [2.05, 4.69) is 10.1 Å². The number of aromatic nitrogens is 3. The highest BCUT2D eigenvalue weighted by Crippen LogP contribution is 2.15. The molecule has 2 rings (SSSR count). The minimum Gasteiger partial charge on any atom is -0.494 e. The fourth-order valence-electron chi connectivity index (χ4n) is 1.30. The first-order valence-electron chi connectivity index (χ1n) is 4.70. The van der Waals surface area contributed by atoms with Crippen LogP contribution in [0, 0.1) is 0 Å². The van der Waals surface area contributed by atoms with Gasteiger partial charge in [-0.15, -0.1) is 0 Å². The molecule has 0 fully saturated rings. The van der Waals surface area contributed by atoms with Gasteiger partial charge in [-0.1, -0.05) is 0 Å². The molecule has 0 spiro atoms. The van der Waals surface area contributed by atoms with Crippen LogP contribution >= 0.6 is 0 Å². The number of hydrogen-bond acceptors (Lipinski definition) is 4. The molecule has 1 aromatic heterocycles. The van der Waals surface area contributed by atoms with E-state index < -0.39 is 0 Å². The second-order valence-electron chi connectivity index (χ2n) is 2.96. The van der Waals surface area contributed by atoms with Crippen LogP contribution in [0.4, 0.5) is 5.95 Å². The van der Waals surface area contributed by atoms with E-state index in [0.29, 0.717) is 12.6 Å². The lowest BCUT2D eigenvalue weighted by Crippen LogP contribution is -2.02. The average molecular weight is 204 g/mol. The minimum absolute atomic E-state index is 0.374. The molecule has 0 aliphatic heterocycles. The largest absolute Gasteiger partial charge is 0.494 e.